The summed E-state index contributed by atoms with van der Waals surface area (Å²) in [5.74, 6) is 3.14. The Bertz CT molecular complexity index is 591. The largest absolute Gasteiger partial charge is 0.443 e. The van der Waals surface area contributed by atoms with E-state index in [1.54, 1.807) is 0 Å². The lowest BCUT2D eigenvalue weighted by molar-refractivity contribution is 0.314. The number of nitrogens with one attached hydrogen (secondary N) is 2. The van der Waals surface area contributed by atoms with Crippen LogP contribution in [0.2, 0.25) is 0 Å². The van der Waals surface area contributed by atoms with Crippen molar-refractivity contribution in [3.8, 4) is 0 Å². The first-order valence-corrected chi connectivity index (χ1v) is 9.67. The minimum Gasteiger partial charge on any atom is -0.443 e. The Kier molecular flexibility index (Phi) is 7.76. The van der Waals surface area contributed by atoms with Gasteiger partial charge in [0, 0.05) is 31.1 Å². The van der Waals surface area contributed by atoms with Gasteiger partial charge in [0.05, 0.1) is 6.20 Å². The number of halogens is 1. The number of hydrogen-bond donors (Lipinski definition) is 2. The van der Waals surface area contributed by atoms with Crippen LogP contribution >= 0.6 is 24.0 Å². The zero-order valence-electron chi connectivity index (χ0n) is 16.5. The van der Waals surface area contributed by atoms with Crippen molar-refractivity contribution in [1.29, 1.82) is 0 Å². The molecule has 1 aromatic rings. The molecule has 0 aromatic carbocycles. The Morgan fingerprint density at radius 1 is 1.31 bits per heavy atom. The van der Waals surface area contributed by atoms with Gasteiger partial charge in [0.15, 0.2) is 5.96 Å². The standard InChI is InChI=1S/C19H33N5O.HI/c1-5-20-18(22-10-14-8-9-24(13-14)15-6-7-15)23-12-17-21-11-16(25-17)19(2,3)4;/h11,14-15H,5-10,12-13H2,1-4H3,(H2,20,22,23);1H. The van der Waals surface area contributed by atoms with Gasteiger partial charge >= 0.3 is 0 Å². The smallest absolute Gasteiger partial charge is 0.216 e. The van der Waals surface area contributed by atoms with Gasteiger partial charge in [0.2, 0.25) is 5.89 Å². The van der Waals surface area contributed by atoms with Crippen LogP contribution in [0.3, 0.4) is 0 Å². The molecule has 1 saturated heterocycles. The first kappa shape index (κ1) is 21.5. The summed E-state index contributed by atoms with van der Waals surface area (Å²) >= 11 is 0. The highest BCUT2D eigenvalue weighted by Crippen LogP contribution is 2.31. The second-order valence-corrected chi connectivity index (χ2v) is 8.33. The van der Waals surface area contributed by atoms with E-state index in [9.17, 15) is 0 Å². The minimum atomic E-state index is -0.0202. The Morgan fingerprint density at radius 2 is 2.08 bits per heavy atom. The average Bonchev–Trinajstić information content (AvgIpc) is 3.10. The molecule has 1 aliphatic carbocycles. The van der Waals surface area contributed by atoms with Crippen LogP contribution in [-0.2, 0) is 12.0 Å². The van der Waals surface area contributed by atoms with Crippen LogP contribution in [0.15, 0.2) is 15.6 Å². The van der Waals surface area contributed by atoms with Crippen molar-refractivity contribution in [2.75, 3.05) is 26.2 Å². The van der Waals surface area contributed by atoms with Crippen molar-refractivity contribution in [2.45, 2.75) is 65.0 Å². The van der Waals surface area contributed by atoms with E-state index in [-0.39, 0.29) is 29.4 Å². The average molecular weight is 475 g/mol. The summed E-state index contributed by atoms with van der Waals surface area (Å²) in [6.45, 7) is 13.2. The van der Waals surface area contributed by atoms with Crippen molar-refractivity contribution in [1.82, 2.24) is 20.5 Å². The van der Waals surface area contributed by atoms with E-state index in [4.69, 9.17) is 4.42 Å². The van der Waals surface area contributed by atoms with Crippen LogP contribution in [-0.4, -0.2) is 48.1 Å². The molecular weight excluding hydrogens is 441 g/mol. The van der Waals surface area contributed by atoms with Crippen molar-refractivity contribution in [3.05, 3.63) is 17.8 Å². The lowest BCUT2D eigenvalue weighted by Crippen LogP contribution is -2.40. The zero-order valence-corrected chi connectivity index (χ0v) is 18.9. The first-order valence-electron chi connectivity index (χ1n) is 9.67. The normalized spacial score (nSPS) is 21.5. The molecule has 0 bridgehead atoms. The summed E-state index contributed by atoms with van der Waals surface area (Å²) in [6, 6.07) is 0.883. The third-order valence-electron chi connectivity index (χ3n) is 4.95. The lowest BCUT2D eigenvalue weighted by Gasteiger charge is -2.16. The molecule has 1 saturated carbocycles. The zero-order chi connectivity index (χ0) is 17.9. The Balaban J connectivity index is 0.00000243. The Morgan fingerprint density at radius 3 is 2.69 bits per heavy atom. The van der Waals surface area contributed by atoms with E-state index < -0.39 is 0 Å². The molecular formula is C19H34IN5O. The van der Waals surface area contributed by atoms with Gasteiger partial charge in [0.25, 0.3) is 0 Å². The van der Waals surface area contributed by atoms with Crippen LogP contribution in [0, 0.1) is 5.92 Å². The SMILES string of the molecule is CCNC(=NCc1ncc(C(C)(C)C)o1)NCC1CCN(C2CC2)C1.I. The van der Waals surface area contributed by atoms with Crippen molar-refractivity contribution < 1.29 is 4.42 Å². The molecule has 2 N–H and O–H groups in total. The number of nitrogens with zero attached hydrogens (tertiary/aromatic N) is 3. The summed E-state index contributed by atoms with van der Waals surface area (Å²) < 4.78 is 5.82. The summed E-state index contributed by atoms with van der Waals surface area (Å²) in [7, 11) is 0. The maximum absolute atomic E-state index is 5.82. The maximum Gasteiger partial charge on any atom is 0.216 e. The minimum absolute atomic E-state index is 0. The van der Waals surface area contributed by atoms with Gasteiger partial charge < -0.3 is 20.0 Å². The highest BCUT2D eigenvalue weighted by atomic mass is 127. The highest BCUT2D eigenvalue weighted by Gasteiger charge is 2.34. The molecule has 0 amide bonds. The summed E-state index contributed by atoms with van der Waals surface area (Å²) in [5.41, 5.74) is -0.0202. The van der Waals surface area contributed by atoms with E-state index in [1.165, 1.54) is 32.4 Å². The number of aromatic nitrogens is 1. The van der Waals surface area contributed by atoms with Crippen LogP contribution in [0.4, 0.5) is 0 Å². The second-order valence-electron chi connectivity index (χ2n) is 8.33. The second kappa shape index (κ2) is 9.39. The van der Waals surface area contributed by atoms with Gasteiger partial charge in [-0.1, -0.05) is 20.8 Å². The van der Waals surface area contributed by atoms with E-state index >= 15 is 0 Å². The predicted octanol–water partition coefficient (Wildman–Crippen LogP) is 3.13. The third kappa shape index (κ3) is 6.11. The first-order chi connectivity index (χ1) is 12.0. The number of aliphatic imine (C=N–C) groups is 1. The topological polar surface area (TPSA) is 65.7 Å². The van der Waals surface area contributed by atoms with E-state index in [2.05, 4.69) is 53.2 Å². The molecule has 1 aliphatic heterocycles. The predicted molar refractivity (Wildman–Crippen MR) is 116 cm³/mol. The van der Waals surface area contributed by atoms with Gasteiger partial charge in [-0.25, -0.2) is 9.98 Å². The fourth-order valence-electron chi connectivity index (χ4n) is 3.26. The van der Waals surface area contributed by atoms with Gasteiger partial charge in [0.1, 0.15) is 12.3 Å². The Labute approximate surface area is 174 Å². The van der Waals surface area contributed by atoms with Crippen molar-refractivity contribution in [3.63, 3.8) is 0 Å². The molecule has 2 fully saturated rings. The summed E-state index contributed by atoms with van der Waals surface area (Å²) in [4.78, 5) is 11.6. The Hall–Kier alpha value is -0.830. The van der Waals surface area contributed by atoms with Crippen molar-refractivity contribution >= 4 is 29.9 Å². The molecule has 148 valence electrons. The molecule has 2 heterocycles. The number of rotatable bonds is 6. The number of guanidine groups is 1. The van der Waals surface area contributed by atoms with E-state index in [1.807, 2.05) is 6.20 Å². The van der Waals surface area contributed by atoms with Gasteiger partial charge in [-0.05, 0) is 38.6 Å². The van der Waals surface area contributed by atoms with Crippen LogP contribution in [0.25, 0.3) is 0 Å². The fourth-order valence-corrected chi connectivity index (χ4v) is 3.26. The molecule has 1 atom stereocenters. The molecule has 7 heteroatoms. The fraction of sp³-hybridized carbons (Fsp3) is 0.789. The molecule has 0 spiro atoms. The lowest BCUT2D eigenvalue weighted by atomic mass is 9.94. The molecule has 1 unspecified atom stereocenters. The number of hydrogen-bond acceptors (Lipinski definition) is 4. The van der Waals surface area contributed by atoms with Crippen LogP contribution in [0.5, 0.6) is 0 Å². The summed E-state index contributed by atoms with van der Waals surface area (Å²) in [5, 5.41) is 6.81. The van der Waals surface area contributed by atoms with Crippen LogP contribution in [0.1, 0.15) is 58.6 Å². The quantitative estimate of drug-likeness (QED) is 0.376. The van der Waals surface area contributed by atoms with Gasteiger partial charge in [-0.2, -0.15) is 0 Å². The third-order valence-corrected chi connectivity index (χ3v) is 4.95. The monoisotopic (exact) mass is 475 g/mol. The molecule has 3 rings (SSSR count). The molecule has 2 aliphatic rings. The van der Waals surface area contributed by atoms with Crippen molar-refractivity contribution in [2.24, 2.45) is 10.9 Å². The van der Waals surface area contributed by atoms with Gasteiger partial charge in [-0.3, -0.25) is 0 Å². The van der Waals surface area contributed by atoms with Crippen LogP contribution < -0.4 is 10.6 Å². The van der Waals surface area contributed by atoms with E-state index in [0.29, 0.717) is 12.4 Å². The summed E-state index contributed by atoms with van der Waals surface area (Å²) in [6.07, 6.45) is 5.90. The molecule has 1 aromatic heterocycles. The maximum atomic E-state index is 5.82. The highest BCUT2D eigenvalue weighted by molar-refractivity contribution is 14.0. The number of likely N-dealkylation sites (tertiary alicyclic amines) is 1. The number of oxazole rings is 1. The molecule has 0 radical (unpaired) electrons. The molecule has 6 nitrogen and oxygen atoms in total. The van der Waals surface area contributed by atoms with Gasteiger partial charge in [-0.15, -0.1) is 24.0 Å². The van der Waals surface area contributed by atoms with E-state index in [0.717, 1.165) is 36.8 Å². The molecule has 26 heavy (non-hydrogen) atoms.